The fraction of sp³-hybridized carbons (Fsp3) is 0.542. The Morgan fingerprint density at radius 1 is 0.966 bits per heavy atom. The molecule has 1 aromatic heterocycles. The lowest BCUT2D eigenvalue weighted by Crippen LogP contribution is -2.34. The highest BCUT2D eigenvalue weighted by Crippen LogP contribution is 2.34. The van der Waals surface area contributed by atoms with Gasteiger partial charge in [-0.1, -0.05) is 37.1 Å². The maximum Gasteiger partial charge on any atom is 0.219 e. The normalized spacial score (nSPS) is 20.4. The Kier molecular flexibility index (Phi) is 6.99. The zero-order chi connectivity index (χ0) is 20.9. The van der Waals surface area contributed by atoms with E-state index in [9.17, 15) is 8.42 Å². The van der Waals surface area contributed by atoms with E-state index < -0.39 is 14.6 Å². The van der Waals surface area contributed by atoms with Gasteiger partial charge in [0.15, 0.2) is 9.84 Å². The number of ether oxygens (including phenoxy) is 1. The summed E-state index contributed by atoms with van der Waals surface area (Å²) >= 11 is 0. The number of hydrogen-bond donors (Lipinski definition) is 0. The fourth-order valence-electron chi connectivity index (χ4n) is 3.85. The van der Waals surface area contributed by atoms with Crippen molar-refractivity contribution >= 4 is 9.84 Å². The molecule has 0 radical (unpaired) electrons. The first-order chi connectivity index (χ1) is 13.7. The van der Waals surface area contributed by atoms with Gasteiger partial charge < -0.3 is 4.74 Å². The molecule has 1 aliphatic carbocycles. The molecule has 0 unspecified atom stereocenters. The van der Waals surface area contributed by atoms with Gasteiger partial charge in [0.1, 0.15) is 5.75 Å². The number of sulfone groups is 1. The van der Waals surface area contributed by atoms with Crippen LogP contribution in [-0.2, 0) is 16.3 Å². The second-order valence-corrected chi connectivity index (χ2v) is 12.0. The van der Waals surface area contributed by atoms with Crippen molar-refractivity contribution in [2.24, 2.45) is 11.8 Å². The first-order valence-corrected chi connectivity index (χ1v) is 12.3. The number of benzene rings is 1. The molecule has 2 aromatic rings. The number of pyridine rings is 1. The maximum atomic E-state index is 12.4. The molecule has 3 rings (SSSR count). The highest BCUT2D eigenvalue weighted by atomic mass is 32.2. The predicted octanol–water partition coefficient (Wildman–Crippen LogP) is 5.83. The average Bonchev–Trinajstić information content (AvgIpc) is 2.68. The van der Waals surface area contributed by atoms with Crippen molar-refractivity contribution in [3.8, 4) is 11.6 Å². The third-order valence-corrected chi connectivity index (χ3v) is 8.74. The molecule has 4 nitrogen and oxygen atoms in total. The van der Waals surface area contributed by atoms with Gasteiger partial charge >= 0.3 is 0 Å². The molecule has 0 saturated heterocycles. The molecule has 1 aromatic carbocycles. The molecule has 1 saturated carbocycles. The molecule has 158 valence electrons. The fourth-order valence-corrected chi connectivity index (χ4v) is 5.30. The Balaban J connectivity index is 1.42. The Morgan fingerprint density at radius 2 is 1.62 bits per heavy atom. The van der Waals surface area contributed by atoms with E-state index in [0.717, 1.165) is 44.3 Å². The molecule has 0 atom stereocenters. The summed E-state index contributed by atoms with van der Waals surface area (Å²) in [7, 11) is -3.02. The molecule has 0 amide bonds. The van der Waals surface area contributed by atoms with E-state index in [1.165, 1.54) is 5.56 Å². The van der Waals surface area contributed by atoms with Gasteiger partial charge in [-0.2, -0.15) is 0 Å². The highest BCUT2D eigenvalue weighted by molar-refractivity contribution is 7.92. The topological polar surface area (TPSA) is 56.3 Å². The van der Waals surface area contributed by atoms with Crippen molar-refractivity contribution in [3.63, 3.8) is 0 Å². The Bertz CT molecular complexity index is 863. The van der Waals surface area contributed by atoms with Crippen LogP contribution in [0.4, 0.5) is 0 Å². The standard InChI is InChI=1S/C24H33NO3S/c1-24(2,3)29(26,27)18-21-13-10-19(11-14-21)9-12-20-15-16-23(25-17-20)28-22-7-5-4-6-8-22/h4-8,15-17,19,21H,9-14,18H2,1-3H3. The number of para-hydroxylation sites is 1. The van der Waals surface area contributed by atoms with Crippen LogP contribution in [0.1, 0.15) is 58.4 Å². The third kappa shape index (κ3) is 6.30. The van der Waals surface area contributed by atoms with E-state index in [0.29, 0.717) is 23.5 Å². The van der Waals surface area contributed by atoms with Crippen molar-refractivity contribution in [2.45, 2.75) is 64.0 Å². The van der Waals surface area contributed by atoms with Gasteiger partial charge in [-0.15, -0.1) is 0 Å². The average molecular weight is 416 g/mol. The van der Waals surface area contributed by atoms with Crippen LogP contribution in [0.3, 0.4) is 0 Å². The van der Waals surface area contributed by atoms with Gasteiger partial charge in [0.25, 0.3) is 0 Å². The van der Waals surface area contributed by atoms with Gasteiger partial charge in [0.2, 0.25) is 5.88 Å². The number of hydrogen-bond acceptors (Lipinski definition) is 4. The van der Waals surface area contributed by atoms with Crippen molar-refractivity contribution in [1.29, 1.82) is 0 Å². The van der Waals surface area contributed by atoms with Crippen LogP contribution in [0.15, 0.2) is 48.7 Å². The summed E-state index contributed by atoms with van der Waals surface area (Å²) < 4.78 is 30.0. The lowest BCUT2D eigenvalue weighted by molar-refractivity contribution is 0.278. The van der Waals surface area contributed by atoms with E-state index >= 15 is 0 Å². The first kappa shape index (κ1) is 21.8. The molecule has 29 heavy (non-hydrogen) atoms. The smallest absolute Gasteiger partial charge is 0.219 e. The molecular weight excluding hydrogens is 382 g/mol. The molecule has 5 heteroatoms. The zero-order valence-corrected chi connectivity index (χ0v) is 18.6. The first-order valence-electron chi connectivity index (χ1n) is 10.6. The van der Waals surface area contributed by atoms with Gasteiger partial charge in [-0.05, 0) is 76.0 Å². The number of rotatable bonds is 7. The summed E-state index contributed by atoms with van der Waals surface area (Å²) in [5, 5.41) is 0. The Hall–Kier alpha value is -1.88. The van der Waals surface area contributed by atoms with E-state index in [4.69, 9.17) is 4.74 Å². The van der Waals surface area contributed by atoms with Crippen LogP contribution in [0.25, 0.3) is 0 Å². The highest BCUT2D eigenvalue weighted by Gasteiger charge is 2.33. The van der Waals surface area contributed by atoms with Crippen molar-refractivity contribution in [1.82, 2.24) is 4.98 Å². The number of aromatic nitrogens is 1. The predicted molar refractivity (Wildman–Crippen MR) is 118 cm³/mol. The van der Waals surface area contributed by atoms with Crippen molar-refractivity contribution in [2.75, 3.05) is 5.75 Å². The van der Waals surface area contributed by atoms with Crippen LogP contribution in [0.5, 0.6) is 11.6 Å². The van der Waals surface area contributed by atoms with Gasteiger partial charge in [-0.3, -0.25) is 0 Å². The van der Waals surface area contributed by atoms with Crippen LogP contribution in [-0.4, -0.2) is 23.9 Å². The Morgan fingerprint density at radius 3 is 2.21 bits per heavy atom. The van der Waals surface area contributed by atoms with E-state index in [1.54, 1.807) is 20.8 Å². The largest absolute Gasteiger partial charge is 0.439 e. The van der Waals surface area contributed by atoms with E-state index in [-0.39, 0.29) is 0 Å². The molecule has 0 spiro atoms. The van der Waals surface area contributed by atoms with Crippen LogP contribution < -0.4 is 4.74 Å². The van der Waals surface area contributed by atoms with Crippen molar-refractivity contribution in [3.05, 3.63) is 54.2 Å². The SMILES string of the molecule is CC(C)(C)S(=O)(=O)CC1CCC(CCc2ccc(Oc3ccccc3)nc2)CC1. The summed E-state index contributed by atoms with van der Waals surface area (Å²) in [6, 6.07) is 13.7. The summed E-state index contributed by atoms with van der Waals surface area (Å²) in [6.45, 7) is 5.41. The third-order valence-electron chi connectivity index (χ3n) is 5.96. The number of aryl methyl sites for hydroxylation is 1. The Labute approximate surface area is 175 Å². The molecular formula is C24H33NO3S. The summed E-state index contributed by atoms with van der Waals surface area (Å²) in [4.78, 5) is 4.42. The van der Waals surface area contributed by atoms with Crippen LogP contribution in [0, 0.1) is 11.8 Å². The summed E-state index contributed by atoms with van der Waals surface area (Å²) in [6.07, 6.45) is 8.37. The monoisotopic (exact) mass is 415 g/mol. The van der Waals surface area contributed by atoms with E-state index in [1.807, 2.05) is 42.6 Å². The maximum absolute atomic E-state index is 12.4. The molecule has 1 fully saturated rings. The lowest BCUT2D eigenvalue weighted by atomic mass is 9.80. The minimum absolute atomic E-state index is 0.326. The second kappa shape index (κ2) is 9.29. The number of nitrogens with zero attached hydrogens (tertiary/aromatic N) is 1. The van der Waals surface area contributed by atoms with Gasteiger partial charge in [-0.25, -0.2) is 13.4 Å². The van der Waals surface area contributed by atoms with Gasteiger partial charge in [0, 0.05) is 12.3 Å². The minimum atomic E-state index is -3.02. The minimum Gasteiger partial charge on any atom is -0.439 e. The lowest BCUT2D eigenvalue weighted by Gasteiger charge is -2.30. The van der Waals surface area contributed by atoms with E-state index in [2.05, 4.69) is 11.1 Å². The van der Waals surface area contributed by atoms with Crippen molar-refractivity contribution < 1.29 is 13.2 Å². The zero-order valence-electron chi connectivity index (χ0n) is 17.8. The summed E-state index contributed by atoms with van der Waals surface area (Å²) in [5.41, 5.74) is 1.22. The molecule has 0 bridgehead atoms. The van der Waals surface area contributed by atoms with Crippen LogP contribution in [0.2, 0.25) is 0 Å². The van der Waals surface area contributed by atoms with Crippen LogP contribution >= 0.6 is 0 Å². The van der Waals surface area contributed by atoms with Gasteiger partial charge in [0.05, 0.1) is 10.5 Å². The molecule has 1 heterocycles. The quantitative estimate of drug-likeness (QED) is 0.571. The molecule has 1 aliphatic rings. The second-order valence-electron chi connectivity index (χ2n) is 9.24. The molecule has 0 N–H and O–H groups in total. The summed E-state index contributed by atoms with van der Waals surface area (Å²) in [5.74, 6) is 2.75. The molecule has 0 aliphatic heterocycles.